The predicted molar refractivity (Wildman–Crippen MR) is 215 cm³/mol. The van der Waals surface area contributed by atoms with E-state index in [1.807, 2.05) is 0 Å². The van der Waals surface area contributed by atoms with Gasteiger partial charge in [0.15, 0.2) is 0 Å². The van der Waals surface area contributed by atoms with Crippen molar-refractivity contribution in [2.75, 3.05) is 13.2 Å². The molecule has 0 N–H and O–H groups in total. The number of esters is 2. The summed E-state index contributed by atoms with van der Waals surface area (Å²) < 4.78 is 9.77. The Bertz CT molecular complexity index is 881. The number of rotatable bonds is 36. The third-order valence-electron chi connectivity index (χ3n) is 8.51. The van der Waals surface area contributed by atoms with E-state index >= 15 is 0 Å². The van der Waals surface area contributed by atoms with Gasteiger partial charge in [0.2, 0.25) is 0 Å². The van der Waals surface area contributed by atoms with Crippen molar-refractivity contribution in [2.24, 2.45) is 0 Å². The number of carboxylic acid groups (broad SMARTS) is 2. The first-order valence-corrected chi connectivity index (χ1v) is 20.7. The van der Waals surface area contributed by atoms with Crippen molar-refractivity contribution >= 4 is 61.6 Å². The molecule has 0 rings (SSSR count). The van der Waals surface area contributed by atoms with E-state index in [1.165, 1.54) is 141 Å². The van der Waals surface area contributed by atoms with Crippen molar-refractivity contribution in [3.05, 3.63) is 48.6 Å². The molecule has 0 aromatic heterocycles. The normalized spacial score (nSPS) is 11.2. The molecule has 0 saturated carbocycles. The Labute approximate surface area is 353 Å². The standard InChI is InChI=1S/2C22H38O4.Ca/c2*1-2-3-4-5-6-7-8-9-10-11-12-13-14-15-16-17-20-26-22(25)19-18-21(23)24;/h2*9-10,18-19H,2-8,11-17,20H2,1H3,(H,23,24);/q;;+2/p-2/b2*10-9-,19-18-;. The van der Waals surface area contributed by atoms with Crippen molar-refractivity contribution in [2.45, 2.75) is 194 Å². The number of hydrogen-bond acceptors (Lipinski definition) is 8. The summed E-state index contributed by atoms with van der Waals surface area (Å²) in [7, 11) is 0. The van der Waals surface area contributed by atoms with E-state index in [4.69, 9.17) is 9.47 Å². The zero-order valence-electron chi connectivity index (χ0n) is 33.8. The molecule has 0 aromatic rings. The van der Waals surface area contributed by atoms with Crippen LogP contribution < -0.4 is 10.2 Å². The van der Waals surface area contributed by atoms with Gasteiger partial charge in [-0.25, -0.2) is 9.59 Å². The van der Waals surface area contributed by atoms with Crippen LogP contribution >= 0.6 is 0 Å². The first kappa shape index (κ1) is 55.4. The summed E-state index contributed by atoms with van der Waals surface area (Å²) in [5.41, 5.74) is 0. The van der Waals surface area contributed by atoms with E-state index in [-0.39, 0.29) is 37.7 Å². The maximum atomic E-state index is 11.1. The van der Waals surface area contributed by atoms with E-state index < -0.39 is 23.9 Å². The van der Waals surface area contributed by atoms with Crippen molar-refractivity contribution in [3.8, 4) is 0 Å². The van der Waals surface area contributed by atoms with Crippen LogP contribution in [-0.4, -0.2) is 74.8 Å². The van der Waals surface area contributed by atoms with Crippen molar-refractivity contribution < 1.29 is 38.9 Å². The predicted octanol–water partition coefficient (Wildman–Crippen LogP) is 9.37. The molecule has 0 bridgehead atoms. The second-order valence-electron chi connectivity index (χ2n) is 13.5. The molecule has 0 saturated heterocycles. The van der Waals surface area contributed by atoms with Gasteiger partial charge in [0.05, 0.1) is 25.2 Å². The monoisotopic (exact) mass is 771 g/mol. The minimum Gasteiger partial charge on any atom is -0.545 e. The Morgan fingerprint density at radius 3 is 0.887 bits per heavy atom. The molecule has 0 aliphatic rings. The second kappa shape index (κ2) is 48.1. The minimum atomic E-state index is -1.39. The number of ether oxygens (including phenoxy) is 2. The van der Waals surface area contributed by atoms with Gasteiger partial charge in [-0.3, -0.25) is 0 Å². The van der Waals surface area contributed by atoms with E-state index in [1.54, 1.807) is 0 Å². The molecule has 0 aromatic carbocycles. The third kappa shape index (κ3) is 54.5. The number of allylic oxidation sites excluding steroid dienone is 4. The van der Waals surface area contributed by atoms with Crippen LogP contribution in [0.2, 0.25) is 0 Å². The van der Waals surface area contributed by atoms with E-state index in [9.17, 15) is 29.4 Å². The fraction of sp³-hybridized carbons (Fsp3) is 0.727. The molecule has 9 heteroatoms. The van der Waals surface area contributed by atoms with Gasteiger partial charge in [0.25, 0.3) is 0 Å². The molecule has 300 valence electrons. The fourth-order valence-electron chi connectivity index (χ4n) is 5.41. The molecule has 0 atom stereocenters. The van der Waals surface area contributed by atoms with E-state index in [0.29, 0.717) is 25.4 Å². The van der Waals surface area contributed by atoms with Crippen LogP contribution in [0.25, 0.3) is 0 Å². The summed E-state index contributed by atoms with van der Waals surface area (Å²) in [6.45, 7) is 5.20. The Kier molecular flexibility index (Phi) is 50.3. The van der Waals surface area contributed by atoms with E-state index in [0.717, 1.165) is 50.7 Å². The summed E-state index contributed by atoms with van der Waals surface area (Å²) in [5.74, 6) is -4.03. The molecule has 53 heavy (non-hydrogen) atoms. The number of carbonyl (C=O) groups excluding carboxylic acids is 4. The molecule has 0 heterocycles. The SMILES string of the molecule is CCCCCCCC/C=C\CCCCCCCCOC(=O)/C=C\C(=O)[O-].CCCCCCCC/C=C\CCCCCCCCOC(=O)/C=C\C(=O)[O-].[Ca+2]. The number of carboxylic acids is 2. The average molecular weight is 771 g/mol. The fourth-order valence-corrected chi connectivity index (χ4v) is 5.41. The Balaban J connectivity index is -0.000000926. The van der Waals surface area contributed by atoms with Gasteiger partial charge < -0.3 is 29.3 Å². The number of aliphatic carboxylic acids is 2. The van der Waals surface area contributed by atoms with Crippen LogP contribution in [0.15, 0.2) is 48.6 Å². The van der Waals surface area contributed by atoms with Crippen molar-refractivity contribution in [1.29, 1.82) is 0 Å². The Hall–Kier alpha value is -1.90. The molecule has 8 nitrogen and oxygen atoms in total. The summed E-state index contributed by atoms with van der Waals surface area (Å²) in [4.78, 5) is 42.5. The first-order valence-electron chi connectivity index (χ1n) is 20.7. The molecule has 0 aliphatic carbocycles. The largest absolute Gasteiger partial charge is 2.00 e. The van der Waals surface area contributed by atoms with Gasteiger partial charge in [0, 0.05) is 12.2 Å². The summed E-state index contributed by atoms with van der Waals surface area (Å²) >= 11 is 0. The zero-order chi connectivity index (χ0) is 38.6. The van der Waals surface area contributed by atoms with Crippen LogP contribution in [0.3, 0.4) is 0 Å². The number of hydrogen-bond donors (Lipinski definition) is 0. The number of carbonyl (C=O) groups is 4. The first-order chi connectivity index (χ1) is 25.3. The summed E-state index contributed by atoms with van der Waals surface area (Å²) in [6.07, 6.45) is 47.0. The topological polar surface area (TPSA) is 133 Å². The molecule has 0 radical (unpaired) electrons. The Morgan fingerprint density at radius 1 is 0.377 bits per heavy atom. The third-order valence-corrected chi connectivity index (χ3v) is 8.51. The maximum absolute atomic E-state index is 11.1. The molecule has 0 amide bonds. The van der Waals surface area contributed by atoms with E-state index in [2.05, 4.69) is 38.2 Å². The zero-order valence-corrected chi connectivity index (χ0v) is 36.0. The molecule has 0 aliphatic heterocycles. The van der Waals surface area contributed by atoms with Crippen LogP contribution in [0.5, 0.6) is 0 Å². The van der Waals surface area contributed by atoms with Gasteiger partial charge in [0.1, 0.15) is 0 Å². The summed E-state index contributed by atoms with van der Waals surface area (Å²) in [5, 5.41) is 20.3. The minimum absolute atomic E-state index is 0. The van der Waals surface area contributed by atoms with Crippen LogP contribution in [0, 0.1) is 0 Å². The molecule has 0 fully saturated rings. The molecule has 0 spiro atoms. The van der Waals surface area contributed by atoms with Crippen LogP contribution in [0.4, 0.5) is 0 Å². The van der Waals surface area contributed by atoms with Crippen molar-refractivity contribution in [3.63, 3.8) is 0 Å². The van der Waals surface area contributed by atoms with Crippen molar-refractivity contribution in [1.82, 2.24) is 0 Å². The Morgan fingerprint density at radius 2 is 0.623 bits per heavy atom. The second-order valence-corrected chi connectivity index (χ2v) is 13.5. The van der Waals surface area contributed by atoms with Gasteiger partial charge in [-0.1, -0.05) is 154 Å². The summed E-state index contributed by atoms with van der Waals surface area (Å²) in [6, 6.07) is 0. The molecule has 0 unspecified atom stereocenters. The van der Waals surface area contributed by atoms with Gasteiger partial charge >= 0.3 is 49.7 Å². The molecular weight excluding hydrogens is 697 g/mol. The smallest absolute Gasteiger partial charge is 0.545 e. The van der Waals surface area contributed by atoms with Gasteiger partial charge in [-0.05, 0) is 76.4 Å². The number of unbranched alkanes of at least 4 members (excludes halogenated alkanes) is 24. The van der Waals surface area contributed by atoms with Gasteiger partial charge in [-0.2, -0.15) is 0 Å². The van der Waals surface area contributed by atoms with Crippen LogP contribution in [0.1, 0.15) is 194 Å². The quantitative estimate of drug-likeness (QED) is 0.0202. The van der Waals surface area contributed by atoms with Gasteiger partial charge in [-0.15, -0.1) is 0 Å². The maximum Gasteiger partial charge on any atom is 2.00 e. The van der Waals surface area contributed by atoms with Crippen LogP contribution in [-0.2, 0) is 28.7 Å². The molecular formula is C44H74CaO8. The average Bonchev–Trinajstić information content (AvgIpc) is 3.12.